The van der Waals surface area contributed by atoms with E-state index in [1.54, 1.807) is 13.2 Å². The van der Waals surface area contributed by atoms with Gasteiger partial charge in [-0.1, -0.05) is 12.1 Å². The molecule has 0 aliphatic carbocycles. The van der Waals surface area contributed by atoms with Gasteiger partial charge in [0.1, 0.15) is 0 Å². The molecule has 1 aromatic heterocycles. The summed E-state index contributed by atoms with van der Waals surface area (Å²) in [4.78, 5) is 20.9. The third kappa shape index (κ3) is 3.87. The molecule has 25 heavy (non-hydrogen) atoms. The summed E-state index contributed by atoms with van der Waals surface area (Å²) in [6.07, 6.45) is 3.80. The Balaban J connectivity index is 1.52. The maximum absolute atomic E-state index is 12.4. The molecule has 2 aromatic rings. The second-order valence-electron chi connectivity index (χ2n) is 5.82. The number of methoxy groups -OCH3 is 1. The third-order valence-corrected chi connectivity index (χ3v) is 4.37. The molecule has 1 fully saturated rings. The molecule has 1 saturated heterocycles. The Kier molecular flexibility index (Phi) is 5.42. The van der Waals surface area contributed by atoms with Gasteiger partial charge in [0.05, 0.1) is 7.11 Å². The van der Waals surface area contributed by atoms with Crippen LogP contribution in [0.3, 0.4) is 0 Å². The minimum Gasteiger partial charge on any atom is -0.493 e. The van der Waals surface area contributed by atoms with E-state index in [-0.39, 0.29) is 12.5 Å². The zero-order chi connectivity index (χ0) is 17.6. The van der Waals surface area contributed by atoms with Crippen molar-refractivity contribution in [2.75, 3.05) is 44.8 Å². The average molecular weight is 344 g/mol. The number of rotatable bonds is 6. The standard InChI is InChI=1S/C18H24N4O3/c1-3-20-9-8-19-18(20)22-12-10-21(11-13-22)17(23)14-25-16-7-5-4-6-15(16)24-2/h4-9H,3,10-14H2,1-2H3. The number of carbonyl (C=O) groups is 1. The van der Waals surface area contributed by atoms with Gasteiger partial charge in [-0.05, 0) is 19.1 Å². The van der Waals surface area contributed by atoms with Crippen molar-refractivity contribution in [1.82, 2.24) is 14.5 Å². The summed E-state index contributed by atoms with van der Waals surface area (Å²) >= 11 is 0. The Hall–Kier alpha value is -2.70. The number of benzene rings is 1. The van der Waals surface area contributed by atoms with Crippen LogP contribution in [-0.4, -0.2) is 60.3 Å². The Morgan fingerprint density at radius 1 is 1.16 bits per heavy atom. The smallest absolute Gasteiger partial charge is 0.260 e. The highest BCUT2D eigenvalue weighted by molar-refractivity contribution is 5.78. The number of piperazine rings is 1. The fourth-order valence-corrected chi connectivity index (χ4v) is 2.96. The third-order valence-electron chi connectivity index (χ3n) is 4.37. The van der Waals surface area contributed by atoms with Gasteiger partial charge in [-0.3, -0.25) is 4.79 Å². The SMILES string of the molecule is CCn1ccnc1N1CCN(C(=O)COc2ccccc2OC)CC1. The minimum absolute atomic E-state index is 0.00982. The largest absolute Gasteiger partial charge is 0.493 e. The topological polar surface area (TPSA) is 59.8 Å². The first-order valence-corrected chi connectivity index (χ1v) is 8.52. The van der Waals surface area contributed by atoms with Crippen molar-refractivity contribution in [3.63, 3.8) is 0 Å². The monoisotopic (exact) mass is 344 g/mol. The number of aromatic nitrogens is 2. The van der Waals surface area contributed by atoms with E-state index in [1.165, 1.54) is 0 Å². The molecule has 0 bridgehead atoms. The number of para-hydroxylation sites is 2. The quantitative estimate of drug-likeness (QED) is 0.797. The van der Waals surface area contributed by atoms with Gasteiger partial charge in [-0.15, -0.1) is 0 Å². The Bertz CT molecular complexity index is 708. The molecular weight excluding hydrogens is 320 g/mol. The van der Waals surface area contributed by atoms with Gasteiger partial charge >= 0.3 is 0 Å². The van der Waals surface area contributed by atoms with Gasteiger partial charge < -0.3 is 23.8 Å². The summed E-state index contributed by atoms with van der Waals surface area (Å²) in [6.45, 7) is 5.90. The first kappa shape index (κ1) is 17.1. The molecule has 0 atom stereocenters. The van der Waals surface area contributed by atoms with Crippen LogP contribution in [0.15, 0.2) is 36.7 Å². The second kappa shape index (κ2) is 7.92. The van der Waals surface area contributed by atoms with Crippen LogP contribution in [0.25, 0.3) is 0 Å². The predicted octanol–water partition coefficient (Wildman–Crippen LogP) is 1.64. The maximum atomic E-state index is 12.4. The van der Waals surface area contributed by atoms with Crippen molar-refractivity contribution in [2.24, 2.45) is 0 Å². The van der Waals surface area contributed by atoms with E-state index < -0.39 is 0 Å². The zero-order valence-electron chi connectivity index (χ0n) is 14.7. The summed E-state index contributed by atoms with van der Waals surface area (Å²) in [5.41, 5.74) is 0. The van der Waals surface area contributed by atoms with E-state index in [2.05, 4.69) is 21.4 Å². The fraction of sp³-hybridized carbons (Fsp3) is 0.444. The lowest BCUT2D eigenvalue weighted by Gasteiger charge is -2.35. The summed E-state index contributed by atoms with van der Waals surface area (Å²) in [6, 6.07) is 7.34. The van der Waals surface area contributed by atoms with E-state index in [9.17, 15) is 4.79 Å². The lowest BCUT2D eigenvalue weighted by molar-refractivity contribution is -0.133. The van der Waals surface area contributed by atoms with Crippen molar-refractivity contribution in [1.29, 1.82) is 0 Å². The molecule has 1 amide bonds. The van der Waals surface area contributed by atoms with E-state index in [1.807, 2.05) is 35.5 Å². The number of hydrogen-bond donors (Lipinski definition) is 0. The number of amides is 1. The van der Waals surface area contributed by atoms with E-state index in [0.29, 0.717) is 24.6 Å². The molecule has 134 valence electrons. The summed E-state index contributed by atoms with van der Waals surface area (Å²) in [5.74, 6) is 2.18. The molecule has 0 saturated carbocycles. The van der Waals surface area contributed by atoms with Crippen molar-refractivity contribution in [3.05, 3.63) is 36.7 Å². The van der Waals surface area contributed by atoms with Crippen LogP contribution < -0.4 is 14.4 Å². The molecule has 0 radical (unpaired) electrons. The predicted molar refractivity (Wildman–Crippen MR) is 95.2 cm³/mol. The summed E-state index contributed by atoms with van der Waals surface area (Å²) < 4.78 is 13.0. The van der Waals surface area contributed by atoms with Crippen LogP contribution in [0.1, 0.15) is 6.92 Å². The van der Waals surface area contributed by atoms with Crippen LogP contribution >= 0.6 is 0 Å². The van der Waals surface area contributed by atoms with Crippen molar-refractivity contribution >= 4 is 11.9 Å². The number of imidazole rings is 1. The van der Waals surface area contributed by atoms with Gasteiger partial charge in [-0.2, -0.15) is 0 Å². The van der Waals surface area contributed by atoms with E-state index in [0.717, 1.165) is 25.6 Å². The van der Waals surface area contributed by atoms with Crippen LogP contribution in [0, 0.1) is 0 Å². The highest BCUT2D eigenvalue weighted by Gasteiger charge is 2.23. The maximum Gasteiger partial charge on any atom is 0.260 e. The molecule has 0 N–H and O–H groups in total. The van der Waals surface area contributed by atoms with E-state index >= 15 is 0 Å². The second-order valence-corrected chi connectivity index (χ2v) is 5.82. The van der Waals surface area contributed by atoms with Crippen molar-refractivity contribution < 1.29 is 14.3 Å². The Labute approximate surface area is 147 Å². The van der Waals surface area contributed by atoms with E-state index in [4.69, 9.17) is 9.47 Å². The van der Waals surface area contributed by atoms with Gasteiger partial charge in [0.15, 0.2) is 18.1 Å². The molecule has 7 nitrogen and oxygen atoms in total. The number of ether oxygens (including phenoxy) is 2. The molecule has 1 aliphatic heterocycles. The van der Waals surface area contributed by atoms with Crippen LogP contribution in [0.4, 0.5) is 5.95 Å². The average Bonchev–Trinajstić information content (AvgIpc) is 3.15. The molecule has 7 heteroatoms. The highest BCUT2D eigenvalue weighted by Crippen LogP contribution is 2.25. The minimum atomic E-state index is -0.00982. The number of nitrogens with zero attached hydrogens (tertiary/aromatic N) is 4. The first-order chi connectivity index (χ1) is 12.2. The fourth-order valence-electron chi connectivity index (χ4n) is 2.96. The zero-order valence-corrected chi connectivity index (χ0v) is 14.7. The van der Waals surface area contributed by atoms with Crippen molar-refractivity contribution in [3.8, 4) is 11.5 Å². The summed E-state index contributed by atoms with van der Waals surface area (Å²) in [5, 5.41) is 0. The molecule has 3 rings (SSSR count). The molecular formula is C18H24N4O3. The van der Waals surface area contributed by atoms with Crippen LogP contribution in [-0.2, 0) is 11.3 Å². The van der Waals surface area contributed by atoms with Gasteiger partial charge in [0, 0.05) is 45.1 Å². The summed E-state index contributed by atoms with van der Waals surface area (Å²) in [7, 11) is 1.59. The number of anilines is 1. The molecule has 2 heterocycles. The molecule has 1 aliphatic rings. The first-order valence-electron chi connectivity index (χ1n) is 8.52. The number of aryl methyl sites for hydroxylation is 1. The molecule has 0 spiro atoms. The highest BCUT2D eigenvalue weighted by atomic mass is 16.5. The Morgan fingerprint density at radius 2 is 1.88 bits per heavy atom. The number of carbonyl (C=O) groups excluding carboxylic acids is 1. The number of hydrogen-bond acceptors (Lipinski definition) is 5. The van der Waals surface area contributed by atoms with Gasteiger partial charge in [-0.25, -0.2) is 4.98 Å². The molecule has 1 aromatic carbocycles. The lowest BCUT2D eigenvalue weighted by Crippen LogP contribution is -2.50. The Morgan fingerprint density at radius 3 is 2.56 bits per heavy atom. The normalized spacial score (nSPS) is 14.5. The van der Waals surface area contributed by atoms with Gasteiger partial charge in [0.25, 0.3) is 5.91 Å². The van der Waals surface area contributed by atoms with Gasteiger partial charge in [0.2, 0.25) is 5.95 Å². The lowest BCUT2D eigenvalue weighted by atomic mass is 10.3. The van der Waals surface area contributed by atoms with Crippen LogP contribution in [0.5, 0.6) is 11.5 Å². The van der Waals surface area contributed by atoms with Crippen molar-refractivity contribution in [2.45, 2.75) is 13.5 Å². The molecule has 0 unspecified atom stereocenters. The van der Waals surface area contributed by atoms with Crippen LogP contribution in [0.2, 0.25) is 0 Å².